The molecule has 0 saturated carbocycles. The second kappa shape index (κ2) is 5.98. The summed E-state index contributed by atoms with van der Waals surface area (Å²) in [5.74, 6) is 1.80. The fraction of sp³-hybridized carbons (Fsp3) is 0.529. The molecule has 1 fully saturated rings. The molecule has 3 heteroatoms. The van der Waals surface area contributed by atoms with E-state index < -0.39 is 0 Å². The first-order chi connectivity index (χ1) is 9.72. The quantitative estimate of drug-likeness (QED) is 0.924. The normalized spacial score (nSPS) is 22.2. The van der Waals surface area contributed by atoms with Crippen molar-refractivity contribution in [1.82, 2.24) is 10.2 Å². The molecule has 2 heterocycles. The number of rotatable bonds is 4. The summed E-state index contributed by atoms with van der Waals surface area (Å²) in [6.45, 7) is 5.71. The standard InChI is InChI=1S/C17H24N2O/c1-13(18-11-14-6-5-9-19(2)12-14)17-10-15-7-3-4-8-16(15)20-17/h3-4,7-8,10,13-14,18H,5-6,9,11-12H2,1-2H3. The van der Waals surface area contributed by atoms with Crippen LogP contribution in [0.5, 0.6) is 0 Å². The van der Waals surface area contributed by atoms with Crippen LogP contribution in [0.25, 0.3) is 11.0 Å². The second-order valence-corrected chi connectivity index (χ2v) is 6.09. The second-order valence-electron chi connectivity index (χ2n) is 6.09. The SMILES string of the molecule is CC(NCC1CCCN(C)C1)c1cc2ccccc2o1. The van der Waals surface area contributed by atoms with Crippen molar-refractivity contribution in [2.45, 2.75) is 25.8 Å². The number of hydrogen-bond acceptors (Lipinski definition) is 3. The molecule has 0 radical (unpaired) electrons. The van der Waals surface area contributed by atoms with Gasteiger partial charge < -0.3 is 14.6 Å². The Bertz CT molecular complexity index is 530. The van der Waals surface area contributed by atoms with Crippen molar-refractivity contribution >= 4 is 11.0 Å². The monoisotopic (exact) mass is 272 g/mol. The van der Waals surface area contributed by atoms with Crippen LogP contribution < -0.4 is 5.32 Å². The van der Waals surface area contributed by atoms with Gasteiger partial charge in [0.15, 0.2) is 0 Å². The van der Waals surface area contributed by atoms with Crippen molar-refractivity contribution in [3.8, 4) is 0 Å². The van der Waals surface area contributed by atoms with Crippen molar-refractivity contribution in [3.63, 3.8) is 0 Å². The summed E-state index contributed by atoms with van der Waals surface area (Å²) in [6.07, 6.45) is 2.66. The van der Waals surface area contributed by atoms with Gasteiger partial charge in [-0.25, -0.2) is 0 Å². The lowest BCUT2D eigenvalue weighted by Gasteiger charge is -2.30. The number of benzene rings is 1. The molecule has 1 aliphatic rings. The minimum atomic E-state index is 0.273. The number of fused-ring (bicyclic) bond motifs is 1. The van der Waals surface area contributed by atoms with Crippen LogP contribution in [0.3, 0.4) is 0 Å². The smallest absolute Gasteiger partial charge is 0.134 e. The van der Waals surface area contributed by atoms with E-state index in [9.17, 15) is 0 Å². The largest absolute Gasteiger partial charge is 0.459 e. The molecular weight excluding hydrogens is 248 g/mol. The number of likely N-dealkylation sites (tertiary alicyclic amines) is 1. The van der Waals surface area contributed by atoms with Gasteiger partial charge in [0.2, 0.25) is 0 Å². The van der Waals surface area contributed by atoms with E-state index in [0.29, 0.717) is 0 Å². The zero-order valence-electron chi connectivity index (χ0n) is 12.4. The van der Waals surface area contributed by atoms with Gasteiger partial charge in [0.05, 0.1) is 6.04 Å². The van der Waals surface area contributed by atoms with E-state index in [-0.39, 0.29) is 6.04 Å². The molecule has 108 valence electrons. The molecule has 0 bridgehead atoms. The maximum absolute atomic E-state index is 5.92. The van der Waals surface area contributed by atoms with Gasteiger partial charge in [-0.3, -0.25) is 0 Å². The Morgan fingerprint density at radius 1 is 1.40 bits per heavy atom. The van der Waals surface area contributed by atoms with Crippen molar-refractivity contribution in [2.24, 2.45) is 5.92 Å². The van der Waals surface area contributed by atoms with Crippen LogP contribution in [0.4, 0.5) is 0 Å². The lowest BCUT2D eigenvalue weighted by molar-refractivity contribution is 0.202. The Morgan fingerprint density at radius 3 is 3.05 bits per heavy atom. The average Bonchev–Trinajstić information content (AvgIpc) is 2.89. The lowest BCUT2D eigenvalue weighted by atomic mass is 9.98. The van der Waals surface area contributed by atoms with Crippen LogP contribution in [0.2, 0.25) is 0 Å². The van der Waals surface area contributed by atoms with Crippen molar-refractivity contribution in [3.05, 3.63) is 36.1 Å². The number of hydrogen-bond donors (Lipinski definition) is 1. The van der Waals surface area contributed by atoms with Crippen LogP contribution in [-0.4, -0.2) is 31.6 Å². The zero-order valence-corrected chi connectivity index (χ0v) is 12.4. The van der Waals surface area contributed by atoms with Crippen molar-refractivity contribution in [2.75, 3.05) is 26.7 Å². The van der Waals surface area contributed by atoms with Crippen LogP contribution in [0.1, 0.15) is 31.6 Å². The molecule has 2 unspecified atom stereocenters. The van der Waals surface area contributed by atoms with Gasteiger partial charge >= 0.3 is 0 Å². The molecule has 3 nitrogen and oxygen atoms in total. The van der Waals surface area contributed by atoms with E-state index in [1.807, 2.05) is 12.1 Å². The van der Waals surface area contributed by atoms with E-state index >= 15 is 0 Å². The van der Waals surface area contributed by atoms with E-state index in [0.717, 1.165) is 23.8 Å². The third kappa shape index (κ3) is 3.05. The van der Waals surface area contributed by atoms with Gasteiger partial charge in [-0.05, 0) is 58.0 Å². The number of nitrogens with zero attached hydrogens (tertiary/aromatic N) is 1. The van der Waals surface area contributed by atoms with Crippen LogP contribution in [0.15, 0.2) is 34.7 Å². The summed E-state index contributed by atoms with van der Waals surface area (Å²) in [4.78, 5) is 2.43. The number of piperidine rings is 1. The van der Waals surface area contributed by atoms with Gasteiger partial charge in [-0.2, -0.15) is 0 Å². The van der Waals surface area contributed by atoms with E-state index in [2.05, 4.69) is 42.4 Å². The van der Waals surface area contributed by atoms with E-state index in [1.54, 1.807) is 0 Å². The maximum atomic E-state index is 5.92. The van der Waals surface area contributed by atoms with Gasteiger partial charge in [0.25, 0.3) is 0 Å². The third-order valence-corrected chi connectivity index (χ3v) is 4.31. The zero-order chi connectivity index (χ0) is 13.9. The van der Waals surface area contributed by atoms with Gasteiger partial charge in [-0.15, -0.1) is 0 Å². The highest BCUT2D eigenvalue weighted by atomic mass is 16.3. The Labute approximate surface area is 120 Å². The molecule has 0 amide bonds. The molecule has 1 N–H and O–H groups in total. The Kier molecular flexibility index (Phi) is 4.08. The molecule has 1 aromatic heterocycles. The predicted molar refractivity (Wildman–Crippen MR) is 82.9 cm³/mol. The topological polar surface area (TPSA) is 28.4 Å². The van der Waals surface area contributed by atoms with Crippen molar-refractivity contribution in [1.29, 1.82) is 0 Å². The molecule has 3 rings (SSSR count). The highest BCUT2D eigenvalue weighted by molar-refractivity contribution is 5.77. The first-order valence-electron chi connectivity index (χ1n) is 7.63. The third-order valence-electron chi connectivity index (χ3n) is 4.31. The van der Waals surface area contributed by atoms with Crippen molar-refractivity contribution < 1.29 is 4.42 Å². The summed E-state index contributed by atoms with van der Waals surface area (Å²) in [5.41, 5.74) is 0.980. The summed E-state index contributed by atoms with van der Waals surface area (Å²) < 4.78 is 5.92. The number of para-hydroxylation sites is 1. The summed E-state index contributed by atoms with van der Waals surface area (Å²) in [7, 11) is 2.22. The number of furan rings is 1. The molecule has 2 atom stereocenters. The van der Waals surface area contributed by atoms with E-state index in [4.69, 9.17) is 4.42 Å². The Morgan fingerprint density at radius 2 is 2.25 bits per heavy atom. The minimum absolute atomic E-state index is 0.273. The van der Waals surface area contributed by atoms with Crippen LogP contribution in [-0.2, 0) is 0 Å². The first kappa shape index (κ1) is 13.7. The van der Waals surface area contributed by atoms with Crippen LogP contribution in [0, 0.1) is 5.92 Å². The Balaban J connectivity index is 1.59. The first-order valence-corrected chi connectivity index (χ1v) is 7.63. The predicted octanol–water partition coefficient (Wildman–Crippen LogP) is 3.43. The lowest BCUT2D eigenvalue weighted by Crippen LogP contribution is -2.37. The molecule has 0 aliphatic carbocycles. The van der Waals surface area contributed by atoms with Gasteiger partial charge in [0, 0.05) is 11.9 Å². The fourth-order valence-electron chi connectivity index (χ4n) is 3.10. The molecule has 2 aromatic rings. The van der Waals surface area contributed by atoms with E-state index in [1.165, 1.54) is 31.3 Å². The molecule has 1 saturated heterocycles. The van der Waals surface area contributed by atoms with Gasteiger partial charge in [0.1, 0.15) is 11.3 Å². The highest BCUT2D eigenvalue weighted by Crippen LogP contribution is 2.24. The summed E-state index contributed by atoms with van der Waals surface area (Å²) in [6, 6.07) is 10.6. The Hall–Kier alpha value is -1.32. The molecule has 1 aromatic carbocycles. The highest BCUT2D eigenvalue weighted by Gasteiger charge is 2.18. The number of nitrogens with one attached hydrogen (secondary N) is 1. The van der Waals surface area contributed by atoms with Crippen LogP contribution >= 0.6 is 0 Å². The maximum Gasteiger partial charge on any atom is 0.134 e. The fourth-order valence-corrected chi connectivity index (χ4v) is 3.10. The summed E-state index contributed by atoms with van der Waals surface area (Å²) in [5, 5.41) is 4.82. The molecule has 0 spiro atoms. The molecule has 1 aliphatic heterocycles. The molecular formula is C17H24N2O. The average molecular weight is 272 g/mol. The summed E-state index contributed by atoms with van der Waals surface area (Å²) >= 11 is 0. The molecule has 20 heavy (non-hydrogen) atoms. The van der Waals surface area contributed by atoms with Gasteiger partial charge in [-0.1, -0.05) is 18.2 Å². The minimum Gasteiger partial charge on any atom is -0.459 e.